The normalized spacial score (nSPS) is 12.9. The highest BCUT2D eigenvalue weighted by atomic mass is 16.5. The minimum absolute atomic E-state index is 0.493. The average molecular weight is 235 g/mol. The SMILES string of the molecule is N#Cc1ccc2c(c1)C(c1ncccn1)=CCO2. The van der Waals surface area contributed by atoms with Gasteiger partial charge in [0, 0.05) is 23.5 Å². The molecule has 0 N–H and O–H groups in total. The molecule has 4 nitrogen and oxygen atoms in total. The van der Waals surface area contributed by atoms with E-state index in [0.717, 1.165) is 16.9 Å². The van der Waals surface area contributed by atoms with Gasteiger partial charge in [0.15, 0.2) is 5.82 Å². The molecule has 0 saturated carbocycles. The Morgan fingerprint density at radius 1 is 1.22 bits per heavy atom. The van der Waals surface area contributed by atoms with Crippen molar-refractivity contribution in [3.05, 3.63) is 59.7 Å². The molecule has 0 radical (unpaired) electrons. The maximum absolute atomic E-state index is 8.95. The zero-order valence-electron chi connectivity index (χ0n) is 9.50. The van der Waals surface area contributed by atoms with E-state index in [1.165, 1.54) is 0 Å². The van der Waals surface area contributed by atoms with Crippen molar-refractivity contribution in [3.63, 3.8) is 0 Å². The quantitative estimate of drug-likeness (QED) is 0.760. The predicted octanol–water partition coefficient (Wildman–Crippen LogP) is 2.17. The third-order valence-electron chi connectivity index (χ3n) is 2.73. The van der Waals surface area contributed by atoms with Crippen LogP contribution < -0.4 is 4.74 Å². The third-order valence-corrected chi connectivity index (χ3v) is 2.73. The second-order valence-corrected chi connectivity index (χ2v) is 3.82. The first kappa shape index (κ1) is 10.5. The summed E-state index contributed by atoms with van der Waals surface area (Å²) in [5.41, 5.74) is 2.38. The van der Waals surface area contributed by atoms with Crippen LogP contribution in [-0.4, -0.2) is 16.6 Å². The van der Waals surface area contributed by atoms with Crippen molar-refractivity contribution in [2.24, 2.45) is 0 Å². The molecule has 0 amide bonds. The summed E-state index contributed by atoms with van der Waals surface area (Å²) in [6.07, 6.45) is 5.33. The summed E-state index contributed by atoms with van der Waals surface area (Å²) in [6.45, 7) is 0.493. The largest absolute Gasteiger partial charge is 0.489 e. The molecule has 0 fully saturated rings. The summed E-state index contributed by atoms with van der Waals surface area (Å²) >= 11 is 0. The highest BCUT2D eigenvalue weighted by Crippen LogP contribution is 2.33. The summed E-state index contributed by atoms with van der Waals surface area (Å²) in [4.78, 5) is 8.48. The number of hydrogen-bond donors (Lipinski definition) is 0. The van der Waals surface area contributed by atoms with E-state index in [0.29, 0.717) is 18.0 Å². The zero-order valence-corrected chi connectivity index (χ0v) is 9.50. The third kappa shape index (κ3) is 1.72. The molecular weight excluding hydrogens is 226 g/mol. The smallest absolute Gasteiger partial charge is 0.159 e. The maximum Gasteiger partial charge on any atom is 0.159 e. The van der Waals surface area contributed by atoms with Gasteiger partial charge in [0.1, 0.15) is 12.4 Å². The Labute approximate surface area is 104 Å². The number of rotatable bonds is 1. The van der Waals surface area contributed by atoms with E-state index < -0.39 is 0 Å². The van der Waals surface area contributed by atoms with E-state index >= 15 is 0 Å². The van der Waals surface area contributed by atoms with Gasteiger partial charge >= 0.3 is 0 Å². The second-order valence-electron chi connectivity index (χ2n) is 3.82. The Balaban J connectivity index is 2.15. The van der Waals surface area contributed by atoms with Gasteiger partial charge in [0.05, 0.1) is 11.6 Å². The molecule has 0 unspecified atom stereocenters. The Hall–Kier alpha value is -2.67. The Bertz CT molecular complexity index is 656. The lowest BCUT2D eigenvalue weighted by Gasteiger charge is -2.17. The summed E-state index contributed by atoms with van der Waals surface area (Å²) in [6, 6.07) is 9.25. The summed E-state index contributed by atoms with van der Waals surface area (Å²) in [5.74, 6) is 1.41. The first-order chi connectivity index (χ1) is 8.88. The standard InChI is InChI=1S/C14H9N3O/c15-9-10-2-3-13-12(8-10)11(4-7-18-13)14-16-5-1-6-17-14/h1-6,8H,7H2. The van der Waals surface area contributed by atoms with Crippen molar-refractivity contribution in [2.45, 2.75) is 0 Å². The number of nitriles is 1. The minimum atomic E-state index is 0.493. The molecule has 0 aliphatic carbocycles. The number of benzene rings is 1. The van der Waals surface area contributed by atoms with Gasteiger partial charge in [-0.3, -0.25) is 0 Å². The van der Waals surface area contributed by atoms with Crippen LogP contribution in [0.3, 0.4) is 0 Å². The van der Waals surface area contributed by atoms with Gasteiger partial charge in [-0.2, -0.15) is 5.26 Å². The average Bonchev–Trinajstić information content (AvgIpc) is 2.47. The molecular formula is C14H9N3O. The zero-order chi connectivity index (χ0) is 12.4. The van der Waals surface area contributed by atoms with Crippen LogP contribution in [-0.2, 0) is 0 Å². The topological polar surface area (TPSA) is 58.8 Å². The van der Waals surface area contributed by atoms with Crippen LogP contribution in [0.2, 0.25) is 0 Å². The van der Waals surface area contributed by atoms with E-state index in [-0.39, 0.29) is 0 Å². The molecule has 86 valence electrons. The molecule has 1 aromatic heterocycles. The molecule has 0 spiro atoms. The molecule has 0 saturated heterocycles. The van der Waals surface area contributed by atoms with Crippen LogP contribution in [0.1, 0.15) is 17.0 Å². The van der Waals surface area contributed by atoms with Gasteiger partial charge in [-0.15, -0.1) is 0 Å². The molecule has 2 aromatic rings. The summed E-state index contributed by atoms with van der Waals surface area (Å²) in [7, 11) is 0. The number of hydrogen-bond acceptors (Lipinski definition) is 4. The van der Waals surface area contributed by atoms with E-state index in [2.05, 4.69) is 16.0 Å². The van der Waals surface area contributed by atoms with Crippen LogP contribution in [0, 0.1) is 11.3 Å². The first-order valence-electron chi connectivity index (χ1n) is 5.53. The fourth-order valence-electron chi connectivity index (χ4n) is 1.91. The van der Waals surface area contributed by atoms with Gasteiger partial charge in [-0.25, -0.2) is 9.97 Å². The highest BCUT2D eigenvalue weighted by molar-refractivity contribution is 5.81. The molecule has 18 heavy (non-hydrogen) atoms. The molecule has 1 aliphatic heterocycles. The van der Waals surface area contributed by atoms with E-state index in [1.54, 1.807) is 30.6 Å². The molecule has 0 atom stereocenters. The molecule has 1 aliphatic rings. The molecule has 0 bridgehead atoms. The van der Waals surface area contributed by atoms with Crippen molar-refractivity contribution in [2.75, 3.05) is 6.61 Å². The highest BCUT2D eigenvalue weighted by Gasteiger charge is 2.17. The Morgan fingerprint density at radius 3 is 2.83 bits per heavy atom. The van der Waals surface area contributed by atoms with Crippen LogP contribution in [0.5, 0.6) is 5.75 Å². The number of fused-ring (bicyclic) bond motifs is 1. The van der Waals surface area contributed by atoms with Crippen LogP contribution >= 0.6 is 0 Å². The van der Waals surface area contributed by atoms with Crippen LogP contribution in [0.4, 0.5) is 0 Å². The predicted molar refractivity (Wildman–Crippen MR) is 65.8 cm³/mol. The second kappa shape index (κ2) is 4.30. The van der Waals surface area contributed by atoms with Crippen molar-refractivity contribution in [1.82, 2.24) is 9.97 Å². The Morgan fingerprint density at radius 2 is 2.06 bits per heavy atom. The van der Waals surface area contributed by atoms with Gasteiger partial charge in [0.25, 0.3) is 0 Å². The number of nitrogens with zero attached hydrogens (tertiary/aromatic N) is 3. The van der Waals surface area contributed by atoms with E-state index in [4.69, 9.17) is 10.00 Å². The van der Waals surface area contributed by atoms with Crippen LogP contribution in [0.15, 0.2) is 42.7 Å². The van der Waals surface area contributed by atoms with Crippen molar-refractivity contribution >= 4 is 5.57 Å². The molecule has 1 aromatic carbocycles. The van der Waals surface area contributed by atoms with E-state index in [9.17, 15) is 0 Å². The van der Waals surface area contributed by atoms with Gasteiger partial charge in [0.2, 0.25) is 0 Å². The number of ether oxygens (including phenoxy) is 1. The Kier molecular flexibility index (Phi) is 2.50. The molecule has 3 rings (SSSR count). The summed E-state index contributed by atoms with van der Waals surface area (Å²) in [5, 5.41) is 8.95. The lowest BCUT2D eigenvalue weighted by Crippen LogP contribution is -2.07. The van der Waals surface area contributed by atoms with E-state index in [1.807, 2.05) is 12.1 Å². The van der Waals surface area contributed by atoms with Crippen molar-refractivity contribution in [1.29, 1.82) is 5.26 Å². The fourth-order valence-corrected chi connectivity index (χ4v) is 1.91. The number of aromatic nitrogens is 2. The fraction of sp³-hybridized carbons (Fsp3) is 0.0714. The molecule has 4 heteroatoms. The minimum Gasteiger partial charge on any atom is -0.489 e. The summed E-state index contributed by atoms with van der Waals surface area (Å²) < 4.78 is 5.53. The van der Waals surface area contributed by atoms with Gasteiger partial charge in [-0.1, -0.05) is 0 Å². The maximum atomic E-state index is 8.95. The van der Waals surface area contributed by atoms with Crippen LogP contribution in [0.25, 0.3) is 5.57 Å². The lowest BCUT2D eigenvalue weighted by molar-refractivity contribution is 0.357. The lowest BCUT2D eigenvalue weighted by atomic mass is 9.99. The monoisotopic (exact) mass is 235 g/mol. The van der Waals surface area contributed by atoms with Gasteiger partial charge in [-0.05, 0) is 30.3 Å². The van der Waals surface area contributed by atoms with Crippen molar-refractivity contribution in [3.8, 4) is 11.8 Å². The van der Waals surface area contributed by atoms with Crippen molar-refractivity contribution < 1.29 is 4.74 Å². The van der Waals surface area contributed by atoms with Gasteiger partial charge < -0.3 is 4.74 Å². The first-order valence-corrected chi connectivity index (χ1v) is 5.53. The molecule has 2 heterocycles.